The third kappa shape index (κ3) is 5.83. The van der Waals surface area contributed by atoms with Crippen molar-refractivity contribution in [3.05, 3.63) is 142 Å². The maximum atomic E-state index is 15.5. The number of aromatic hydroxyl groups is 1. The lowest BCUT2D eigenvalue weighted by Gasteiger charge is -2.50. The van der Waals surface area contributed by atoms with Gasteiger partial charge < -0.3 is 19.0 Å². The van der Waals surface area contributed by atoms with E-state index in [2.05, 4.69) is 10.4 Å². The van der Waals surface area contributed by atoms with E-state index in [1.807, 2.05) is 30.3 Å². The molecule has 6 unspecified atom stereocenters. The lowest BCUT2D eigenvalue weighted by molar-refractivity contribution is -0.138. The summed E-state index contributed by atoms with van der Waals surface area (Å²) in [6, 6.07) is 30.8. The van der Waals surface area contributed by atoms with Crippen LogP contribution in [0, 0.1) is 23.7 Å². The normalized spacial score (nSPS) is 24.4. The van der Waals surface area contributed by atoms with Crippen molar-refractivity contribution < 1.29 is 38.2 Å². The Bertz CT molecular complexity index is 2810. The first kappa shape index (κ1) is 38.6. The number of oxazole rings is 1. The van der Waals surface area contributed by atoms with Crippen molar-refractivity contribution in [3.8, 4) is 28.7 Å². The fraction of sp³-hybridized carbons (Fsp3) is 0.213. The van der Waals surface area contributed by atoms with E-state index in [0.717, 1.165) is 5.01 Å². The molecule has 2 aliphatic heterocycles. The predicted molar refractivity (Wildman–Crippen MR) is 227 cm³/mol. The zero-order valence-corrected chi connectivity index (χ0v) is 34.2. The van der Waals surface area contributed by atoms with Gasteiger partial charge in [0.1, 0.15) is 22.8 Å². The molecule has 12 nitrogen and oxygen atoms in total. The number of hydrogen-bond donors (Lipinski definition) is 2. The van der Waals surface area contributed by atoms with Crippen molar-refractivity contribution in [3.63, 3.8) is 0 Å². The number of phenols is 1. The Kier molecular flexibility index (Phi) is 9.19. The van der Waals surface area contributed by atoms with E-state index in [4.69, 9.17) is 37.1 Å². The second-order valence-electron chi connectivity index (χ2n) is 15.7. The fourth-order valence-electron chi connectivity index (χ4n) is 10.1. The molecule has 2 aliphatic carbocycles. The molecule has 1 saturated carbocycles. The molecular weight excluding hydrogens is 819 g/mol. The van der Waals surface area contributed by atoms with Crippen molar-refractivity contribution in [2.45, 2.75) is 24.2 Å². The molecule has 4 amide bonds. The van der Waals surface area contributed by atoms with E-state index in [0.29, 0.717) is 61.5 Å². The Morgan fingerprint density at radius 1 is 0.820 bits per heavy atom. The van der Waals surface area contributed by atoms with E-state index >= 15 is 9.59 Å². The number of hydrogen-bond acceptors (Lipinski definition) is 10. The summed E-state index contributed by atoms with van der Waals surface area (Å²) in [6.07, 6.45) is 2.17. The van der Waals surface area contributed by atoms with Crippen LogP contribution in [0.2, 0.25) is 10.0 Å². The van der Waals surface area contributed by atoms with Gasteiger partial charge >= 0.3 is 0 Å². The monoisotopic (exact) mass is 854 g/mol. The Hall–Kier alpha value is -6.63. The Morgan fingerprint density at radius 2 is 1.56 bits per heavy atom. The van der Waals surface area contributed by atoms with Gasteiger partial charge in [-0.15, -0.1) is 0 Å². The van der Waals surface area contributed by atoms with Gasteiger partial charge in [-0.25, -0.2) is 4.98 Å². The average Bonchev–Trinajstić information content (AvgIpc) is 3.89. The van der Waals surface area contributed by atoms with Crippen molar-refractivity contribution >= 4 is 69.3 Å². The van der Waals surface area contributed by atoms with Crippen LogP contribution in [0.1, 0.15) is 29.9 Å². The van der Waals surface area contributed by atoms with Crippen LogP contribution in [-0.4, -0.2) is 52.9 Å². The Labute approximate surface area is 359 Å². The number of methoxy groups -OCH3 is 2. The number of rotatable bonds is 8. The minimum atomic E-state index is -1.65. The molecule has 14 heteroatoms. The topological polar surface area (TPSA) is 152 Å². The first-order valence-corrected chi connectivity index (χ1v) is 20.4. The van der Waals surface area contributed by atoms with Crippen LogP contribution < -0.4 is 19.8 Å². The quantitative estimate of drug-likeness (QED) is 0.112. The number of allylic oxidation sites excluding steroid dienone is 2. The summed E-state index contributed by atoms with van der Waals surface area (Å²) in [5.74, 6) is -5.08. The number of benzene rings is 5. The SMILES string of the molecule is COc1ccc(C23C(=O)N(Nc4ccc(Cl)cc4Cl)C(=O)C2CC2C(=CCC4C(=O)N(c5ccc(-c6nc7ccccc7o6)cc5)C(=O)C42)C3c2ccc(OC)cc2O)cc1. The van der Waals surface area contributed by atoms with Crippen LogP contribution in [-0.2, 0) is 24.6 Å². The third-order valence-electron chi connectivity index (χ3n) is 12.8. The number of amides is 4. The molecule has 10 rings (SSSR count). The van der Waals surface area contributed by atoms with E-state index in [1.165, 1.54) is 31.3 Å². The predicted octanol–water partition coefficient (Wildman–Crippen LogP) is 8.71. The first-order valence-electron chi connectivity index (χ1n) is 19.7. The highest BCUT2D eigenvalue weighted by atomic mass is 35.5. The van der Waals surface area contributed by atoms with Crippen LogP contribution >= 0.6 is 23.2 Å². The van der Waals surface area contributed by atoms with E-state index in [9.17, 15) is 14.7 Å². The number of ether oxygens (including phenoxy) is 2. The summed E-state index contributed by atoms with van der Waals surface area (Å²) < 4.78 is 16.9. The number of fused-ring (bicyclic) bond motifs is 5. The average molecular weight is 856 g/mol. The minimum Gasteiger partial charge on any atom is -0.508 e. The lowest BCUT2D eigenvalue weighted by Crippen LogP contribution is -2.53. The number of carbonyl (C=O) groups is 4. The smallest absolute Gasteiger partial charge is 0.260 e. The maximum Gasteiger partial charge on any atom is 0.260 e. The molecule has 4 aliphatic rings. The minimum absolute atomic E-state index is 0.0487. The van der Waals surface area contributed by atoms with Gasteiger partial charge in [0.15, 0.2) is 5.58 Å². The van der Waals surface area contributed by atoms with Gasteiger partial charge in [0.05, 0.1) is 53.8 Å². The van der Waals surface area contributed by atoms with Gasteiger partial charge in [0.25, 0.3) is 11.8 Å². The highest BCUT2D eigenvalue weighted by molar-refractivity contribution is 6.36. The molecule has 306 valence electrons. The van der Waals surface area contributed by atoms with Crippen molar-refractivity contribution in [2.75, 3.05) is 24.5 Å². The van der Waals surface area contributed by atoms with Crippen LogP contribution in [0.5, 0.6) is 17.2 Å². The molecule has 61 heavy (non-hydrogen) atoms. The molecule has 1 aromatic heterocycles. The molecule has 6 aromatic rings. The van der Waals surface area contributed by atoms with Gasteiger partial charge in [-0.05, 0) is 97.1 Å². The summed E-state index contributed by atoms with van der Waals surface area (Å²) >= 11 is 12.8. The molecule has 3 fully saturated rings. The highest BCUT2D eigenvalue weighted by Crippen LogP contribution is 2.65. The van der Waals surface area contributed by atoms with Crippen LogP contribution in [0.4, 0.5) is 11.4 Å². The molecule has 5 aromatic carbocycles. The summed E-state index contributed by atoms with van der Waals surface area (Å²) in [6.45, 7) is 0. The van der Waals surface area contributed by atoms with Crippen molar-refractivity contribution in [1.82, 2.24) is 9.99 Å². The number of nitrogens with zero attached hydrogens (tertiary/aromatic N) is 3. The van der Waals surface area contributed by atoms with Crippen molar-refractivity contribution in [2.24, 2.45) is 23.7 Å². The molecule has 3 heterocycles. The fourth-order valence-corrected chi connectivity index (χ4v) is 10.5. The van der Waals surface area contributed by atoms with Gasteiger partial charge in [-0.1, -0.05) is 65.2 Å². The van der Waals surface area contributed by atoms with Gasteiger partial charge in [-0.3, -0.25) is 29.5 Å². The summed E-state index contributed by atoms with van der Waals surface area (Å²) in [4.78, 5) is 65.7. The second-order valence-corrected chi connectivity index (χ2v) is 16.5. The van der Waals surface area contributed by atoms with E-state index < -0.39 is 52.7 Å². The number of para-hydroxylation sites is 2. The van der Waals surface area contributed by atoms with E-state index in [-0.39, 0.29) is 35.2 Å². The number of imide groups is 2. The molecular formula is C47H36Cl2N4O8. The summed E-state index contributed by atoms with van der Waals surface area (Å²) in [5.41, 5.74) is 5.54. The number of hydrazine groups is 1. The third-order valence-corrected chi connectivity index (χ3v) is 13.3. The van der Waals surface area contributed by atoms with Gasteiger partial charge in [-0.2, -0.15) is 5.01 Å². The second kappa shape index (κ2) is 14.5. The zero-order valence-electron chi connectivity index (χ0n) is 32.7. The highest BCUT2D eigenvalue weighted by Gasteiger charge is 2.70. The number of aromatic nitrogens is 1. The Morgan fingerprint density at radius 3 is 2.26 bits per heavy atom. The summed E-state index contributed by atoms with van der Waals surface area (Å²) in [5, 5.41) is 13.4. The molecule has 0 spiro atoms. The largest absolute Gasteiger partial charge is 0.508 e. The van der Waals surface area contributed by atoms with Crippen LogP contribution in [0.25, 0.3) is 22.6 Å². The Balaban J connectivity index is 1.09. The van der Waals surface area contributed by atoms with Crippen molar-refractivity contribution in [1.29, 1.82) is 0 Å². The molecule has 2 N–H and O–H groups in total. The summed E-state index contributed by atoms with van der Waals surface area (Å²) in [7, 11) is 3.01. The van der Waals surface area contributed by atoms with Gasteiger partial charge in [0.2, 0.25) is 17.7 Å². The number of carbonyl (C=O) groups excluding carboxylic acids is 4. The number of halogens is 2. The molecule has 0 radical (unpaired) electrons. The first-order chi connectivity index (χ1) is 29.5. The molecule has 0 bridgehead atoms. The molecule has 6 atom stereocenters. The number of nitrogens with one attached hydrogen (secondary N) is 1. The van der Waals surface area contributed by atoms with Crippen LogP contribution in [0.3, 0.4) is 0 Å². The number of anilines is 2. The standard InChI is InChI=1S/C47H36Cl2N4O8/c1-59-28-14-9-25(10-15-28)47-34(44(56)53(46(47)58)51-36-20-11-26(48)21-35(36)49)23-33-30(41(47)31-17-16-29(60-2)22-38(31)54)18-19-32-40(33)45(57)52(43(32)55)27-12-7-24(8-13-27)42-50-37-5-3-4-6-39(37)61-42/h3-18,20-22,32-34,40-41,51,54H,19,23H2,1-2H3. The van der Waals surface area contributed by atoms with E-state index in [1.54, 1.807) is 72.8 Å². The van der Waals surface area contributed by atoms with Crippen LogP contribution in [0.15, 0.2) is 125 Å². The lowest BCUT2D eigenvalue weighted by atomic mass is 9.49. The molecule has 2 saturated heterocycles. The maximum absolute atomic E-state index is 15.5. The van der Waals surface area contributed by atoms with Gasteiger partial charge in [0, 0.05) is 28.1 Å². The zero-order chi connectivity index (χ0) is 42.3. The number of phenolic OH excluding ortho intramolecular Hbond substituents is 1.